The first kappa shape index (κ1) is 14.6. The number of ether oxygens (including phenoxy) is 1. The average Bonchev–Trinajstić information content (AvgIpc) is 2.38. The Labute approximate surface area is 113 Å². The maximum Gasteiger partial charge on any atom is 0.338 e. The summed E-state index contributed by atoms with van der Waals surface area (Å²) < 4.78 is 4.85. The highest BCUT2D eigenvalue weighted by molar-refractivity contribution is 9.09. The first-order chi connectivity index (χ1) is 8.62. The lowest BCUT2D eigenvalue weighted by Crippen LogP contribution is -2.08. The van der Waals surface area contributed by atoms with Gasteiger partial charge in [-0.2, -0.15) is 0 Å². The molecule has 0 amide bonds. The van der Waals surface area contributed by atoms with E-state index in [2.05, 4.69) is 15.9 Å². The minimum Gasteiger partial charge on any atom is -0.462 e. The van der Waals surface area contributed by atoms with E-state index in [0.29, 0.717) is 29.2 Å². The van der Waals surface area contributed by atoms with Crippen LogP contribution in [-0.2, 0) is 4.74 Å². The van der Waals surface area contributed by atoms with Gasteiger partial charge in [-0.05, 0) is 25.1 Å². The van der Waals surface area contributed by atoms with Crippen LogP contribution >= 0.6 is 15.9 Å². The molecule has 0 bridgehead atoms. The van der Waals surface area contributed by atoms with Gasteiger partial charge in [-0.3, -0.25) is 9.59 Å². The number of ketones is 1. The van der Waals surface area contributed by atoms with Crippen LogP contribution in [0.25, 0.3) is 0 Å². The third-order valence-corrected chi connectivity index (χ3v) is 2.64. The highest BCUT2D eigenvalue weighted by atomic mass is 79.9. The Hall–Kier alpha value is -1.49. The van der Waals surface area contributed by atoms with Gasteiger partial charge in [0.25, 0.3) is 0 Å². The number of benzene rings is 1. The zero-order valence-electron chi connectivity index (χ0n) is 9.94. The summed E-state index contributed by atoms with van der Waals surface area (Å²) in [6.07, 6.45) is 0.915. The quantitative estimate of drug-likeness (QED) is 0.351. The standard InChI is InChI=1S/C13H13BrO4/c1-2-18-13(17)11-6-9(8-15)5-10(7-11)12(16)3-4-14/h5-8H,2-4H2,1H3. The molecule has 96 valence electrons. The van der Waals surface area contributed by atoms with Crippen LogP contribution in [0.2, 0.25) is 0 Å². The van der Waals surface area contributed by atoms with E-state index >= 15 is 0 Å². The van der Waals surface area contributed by atoms with Gasteiger partial charge in [0.1, 0.15) is 6.29 Å². The molecule has 0 atom stereocenters. The number of aldehydes is 1. The summed E-state index contributed by atoms with van der Waals surface area (Å²) in [4.78, 5) is 34.1. The molecule has 0 saturated heterocycles. The van der Waals surface area contributed by atoms with E-state index in [4.69, 9.17) is 4.74 Å². The topological polar surface area (TPSA) is 60.4 Å². The molecule has 0 aromatic heterocycles. The van der Waals surface area contributed by atoms with Gasteiger partial charge in [0.2, 0.25) is 0 Å². The van der Waals surface area contributed by atoms with E-state index in [1.807, 2.05) is 0 Å². The van der Waals surface area contributed by atoms with Crippen molar-refractivity contribution >= 4 is 34.0 Å². The van der Waals surface area contributed by atoms with Gasteiger partial charge >= 0.3 is 5.97 Å². The van der Waals surface area contributed by atoms with Crippen molar-refractivity contribution in [2.24, 2.45) is 0 Å². The molecule has 1 rings (SSSR count). The SMILES string of the molecule is CCOC(=O)c1cc(C=O)cc(C(=O)CCBr)c1. The second-order valence-electron chi connectivity index (χ2n) is 3.54. The Morgan fingerprint density at radius 1 is 1.28 bits per heavy atom. The van der Waals surface area contributed by atoms with Crippen molar-refractivity contribution in [2.75, 3.05) is 11.9 Å². The van der Waals surface area contributed by atoms with Crippen molar-refractivity contribution in [1.29, 1.82) is 0 Å². The Kier molecular flexibility index (Phi) is 5.71. The Bertz CT molecular complexity index is 432. The average molecular weight is 313 g/mol. The van der Waals surface area contributed by atoms with Crippen LogP contribution in [0, 0.1) is 0 Å². The van der Waals surface area contributed by atoms with E-state index in [1.165, 1.54) is 18.2 Å². The molecule has 5 heteroatoms. The number of rotatable bonds is 6. The van der Waals surface area contributed by atoms with Crippen LogP contribution < -0.4 is 0 Å². The van der Waals surface area contributed by atoms with Gasteiger partial charge in [0.05, 0.1) is 12.2 Å². The molecular weight excluding hydrogens is 300 g/mol. The summed E-state index contributed by atoms with van der Waals surface area (Å²) in [6.45, 7) is 1.94. The first-order valence-electron chi connectivity index (χ1n) is 5.49. The number of Topliss-reactive ketones (excluding diaryl/α,β-unsaturated/α-hetero) is 1. The second-order valence-corrected chi connectivity index (χ2v) is 4.34. The molecule has 0 fully saturated rings. The molecule has 1 aromatic rings. The van der Waals surface area contributed by atoms with Crippen LogP contribution in [0.3, 0.4) is 0 Å². The second kappa shape index (κ2) is 7.06. The van der Waals surface area contributed by atoms with Crippen LogP contribution in [0.15, 0.2) is 18.2 Å². The highest BCUT2D eigenvalue weighted by Crippen LogP contribution is 2.13. The summed E-state index contributed by atoms with van der Waals surface area (Å²) >= 11 is 3.17. The Balaban J connectivity index is 3.12. The lowest BCUT2D eigenvalue weighted by Gasteiger charge is -2.05. The van der Waals surface area contributed by atoms with Gasteiger partial charge < -0.3 is 4.74 Å². The molecule has 0 unspecified atom stereocenters. The van der Waals surface area contributed by atoms with E-state index in [9.17, 15) is 14.4 Å². The van der Waals surface area contributed by atoms with Gasteiger partial charge in [-0.1, -0.05) is 15.9 Å². The normalized spacial score (nSPS) is 9.89. The predicted molar refractivity (Wildman–Crippen MR) is 70.5 cm³/mol. The number of alkyl halides is 1. The van der Waals surface area contributed by atoms with Crippen LogP contribution in [0.4, 0.5) is 0 Å². The summed E-state index contributed by atoms with van der Waals surface area (Å²) in [5.74, 6) is -0.657. The van der Waals surface area contributed by atoms with Gasteiger partial charge in [-0.25, -0.2) is 4.79 Å². The fraction of sp³-hybridized carbons (Fsp3) is 0.308. The molecule has 0 N–H and O–H groups in total. The van der Waals surface area contributed by atoms with E-state index in [1.54, 1.807) is 6.92 Å². The lowest BCUT2D eigenvalue weighted by molar-refractivity contribution is 0.0526. The molecular formula is C13H13BrO4. The third-order valence-electron chi connectivity index (χ3n) is 2.25. The van der Waals surface area contributed by atoms with Crippen molar-refractivity contribution in [3.8, 4) is 0 Å². The number of carbonyl (C=O) groups is 3. The third kappa shape index (κ3) is 3.77. The zero-order chi connectivity index (χ0) is 13.5. The number of hydrogen-bond donors (Lipinski definition) is 0. The Morgan fingerprint density at radius 3 is 2.50 bits per heavy atom. The molecule has 0 aliphatic carbocycles. The number of esters is 1. The fourth-order valence-electron chi connectivity index (χ4n) is 1.44. The zero-order valence-corrected chi connectivity index (χ0v) is 11.5. The van der Waals surface area contributed by atoms with Gasteiger partial charge in [-0.15, -0.1) is 0 Å². The van der Waals surface area contributed by atoms with E-state index in [-0.39, 0.29) is 18.0 Å². The van der Waals surface area contributed by atoms with Crippen molar-refractivity contribution in [3.63, 3.8) is 0 Å². The fourth-order valence-corrected chi connectivity index (χ4v) is 1.80. The molecule has 4 nitrogen and oxygen atoms in total. The van der Waals surface area contributed by atoms with Gasteiger partial charge in [0.15, 0.2) is 5.78 Å². The summed E-state index contributed by atoms with van der Waals surface area (Å²) in [5.41, 5.74) is 0.861. The lowest BCUT2D eigenvalue weighted by atomic mass is 10.0. The van der Waals surface area contributed by atoms with Crippen molar-refractivity contribution in [1.82, 2.24) is 0 Å². The van der Waals surface area contributed by atoms with Crippen molar-refractivity contribution in [2.45, 2.75) is 13.3 Å². The molecule has 0 aliphatic heterocycles. The van der Waals surface area contributed by atoms with Crippen LogP contribution in [0.1, 0.15) is 44.4 Å². The van der Waals surface area contributed by atoms with Gasteiger partial charge in [0, 0.05) is 22.9 Å². The maximum atomic E-state index is 11.7. The Morgan fingerprint density at radius 2 is 1.94 bits per heavy atom. The maximum absolute atomic E-state index is 11.7. The van der Waals surface area contributed by atoms with Crippen LogP contribution in [-0.4, -0.2) is 30.0 Å². The molecule has 18 heavy (non-hydrogen) atoms. The largest absolute Gasteiger partial charge is 0.462 e. The minimum atomic E-state index is -0.533. The monoisotopic (exact) mass is 312 g/mol. The molecule has 0 saturated carbocycles. The number of carbonyl (C=O) groups excluding carboxylic acids is 3. The van der Waals surface area contributed by atoms with E-state index < -0.39 is 5.97 Å². The summed E-state index contributed by atoms with van der Waals surface area (Å²) in [6, 6.07) is 4.34. The number of halogens is 1. The predicted octanol–water partition coefficient (Wildman–Crippen LogP) is 2.64. The molecule has 1 aromatic carbocycles. The summed E-state index contributed by atoms with van der Waals surface area (Å²) in [5, 5.41) is 0.534. The molecule has 0 spiro atoms. The number of hydrogen-bond acceptors (Lipinski definition) is 4. The smallest absolute Gasteiger partial charge is 0.338 e. The van der Waals surface area contributed by atoms with E-state index in [0.717, 1.165) is 0 Å². The molecule has 0 aliphatic rings. The van der Waals surface area contributed by atoms with Crippen molar-refractivity contribution in [3.05, 3.63) is 34.9 Å². The first-order valence-corrected chi connectivity index (χ1v) is 6.61. The highest BCUT2D eigenvalue weighted by Gasteiger charge is 2.13. The van der Waals surface area contributed by atoms with Crippen molar-refractivity contribution < 1.29 is 19.1 Å². The minimum absolute atomic E-state index is 0.124. The molecule has 0 heterocycles. The molecule has 0 radical (unpaired) electrons. The summed E-state index contributed by atoms with van der Waals surface area (Å²) in [7, 11) is 0. The van der Waals surface area contributed by atoms with Crippen LogP contribution in [0.5, 0.6) is 0 Å².